The minimum atomic E-state index is -0.862. The second-order valence-electron chi connectivity index (χ2n) is 3.77. The van der Waals surface area contributed by atoms with Gasteiger partial charge < -0.3 is 10.8 Å². The number of carboxylic acid groups (broad SMARTS) is 1. The van der Waals surface area contributed by atoms with E-state index in [0.717, 1.165) is 17.5 Å². The van der Waals surface area contributed by atoms with Gasteiger partial charge in [-0.1, -0.05) is 24.3 Å². The second-order valence-corrected chi connectivity index (χ2v) is 3.77. The Kier molecular flexibility index (Phi) is 2.56. The van der Waals surface area contributed by atoms with Gasteiger partial charge in [-0.15, -0.1) is 0 Å². The summed E-state index contributed by atoms with van der Waals surface area (Å²) in [5.74, 6) is -0.862. The summed E-state index contributed by atoms with van der Waals surface area (Å²) in [5.41, 5.74) is 9.12. The standard InChI is InChI=1S/C12H13NO2/c13-11(7-12(14)15)10-5-4-8-2-1-3-9(8)6-10/h1,3-6,11H,2,7,13H2,(H,14,15). The van der Waals surface area contributed by atoms with E-state index in [2.05, 4.69) is 6.08 Å². The van der Waals surface area contributed by atoms with Gasteiger partial charge in [0.2, 0.25) is 0 Å². The molecule has 0 spiro atoms. The van der Waals surface area contributed by atoms with Crippen molar-refractivity contribution in [2.24, 2.45) is 5.73 Å². The average Bonchev–Trinajstić information content (AvgIpc) is 2.62. The molecule has 0 saturated carbocycles. The summed E-state index contributed by atoms with van der Waals surface area (Å²) in [7, 11) is 0. The van der Waals surface area contributed by atoms with E-state index < -0.39 is 12.0 Å². The third-order valence-electron chi connectivity index (χ3n) is 2.63. The van der Waals surface area contributed by atoms with Gasteiger partial charge in [-0.05, 0) is 29.2 Å². The van der Waals surface area contributed by atoms with Crippen LogP contribution in [0.15, 0.2) is 24.3 Å². The fourth-order valence-electron chi connectivity index (χ4n) is 1.80. The Morgan fingerprint density at radius 3 is 3.07 bits per heavy atom. The number of allylic oxidation sites excluding steroid dienone is 1. The van der Waals surface area contributed by atoms with E-state index in [1.807, 2.05) is 24.3 Å². The SMILES string of the molecule is NC(CC(=O)O)c1ccc2c(c1)C=CC2. The van der Waals surface area contributed by atoms with Crippen LogP contribution in [0.3, 0.4) is 0 Å². The van der Waals surface area contributed by atoms with Crippen LogP contribution < -0.4 is 5.73 Å². The van der Waals surface area contributed by atoms with Crippen LogP contribution in [0, 0.1) is 0 Å². The lowest BCUT2D eigenvalue weighted by Gasteiger charge is -2.10. The number of carboxylic acids is 1. The average molecular weight is 203 g/mol. The molecule has 15 heavy (non-hydrogen) atoms. The van der Waals surface area contributed by atoms with Gasteiger partial charge >= 0.3 is 5.97 Å². The number of hydrogen-bond donors (Lipinski definition) is 2. The van der Waals surface area contributed by atoms with Crippen molar-refractivity contribution < 1.29 is 9.90 Å². The quantitative estimate of drug-likeness (QED) is 0.786. The van der Waals surface area contributed by atoms with Gasteiger partial charge in [0, 0.05) is 6.04 Å². The third kappa shape index (κ3) is 2.07. The van der Waals surface area contributed by atoms with Crippen molar-refractivity contribution in [1.29, 1.82) is 0 Å². The molecule has 0 aliphatic heterocycles. The molecule has 0 fully saturated rings. The number of aliphatic carboxylic acids is 1. The molecule has 0 heterocycles. The lowest BCUT2D eigenvalue weighted by Crippen LogP contribution is -2.15. The summed E-state index contributed by atoms with van der Waals surface area (Å²) in [4.78, 5) is 10.5. The summed E-state index contributed by atoms with van der Waals surface area (Å²) < 4.78 is 0. The van der Waals surface area contributed by atoms with Crippen LogP contribution >= 0.6 is 0 Å². The zero-order valence-electron chi connectivity index (χ0n) is 8.31. The van der Waals surface area contributed by atoms with Crippen LogP contribution in [-0.4, -0.2) is 11.1 Å². The molecule has 1 aromatic carbocycles. The number of rotatable bonds is 3. The maximum atomic E-state index is 10.5. The fourth-order valence-corrected chi connectivity index (χ4v) is 1.80. The van der Waals surface area contributed by atoms with Crippen molar-refractivity contribution in [3.8, 4) is 0 Å². The maximum absolute atomic E-state index is 10.5. The maximum Gasteiger partial charge on any atom is 0.305 e. The van der Waals surface area contributed by atoms with Gasteiger partial charge in [0.25, 0.3) is 0 Å². The first-order chi connectivity index (χ1) is 7.16. The van der Waals surface area contributed by atoms with E-state index in [9.17, 15) is 4.79 Å². The summed E-state index contributed by atoms with van der Waals surface area (Å²) in [5, 5.41) is 8.64. The number of hydrogen-bond acceptors (Lipinski definition) is 2. The van der Waals surface area contributed by atoms with E-state index >= 15 is 0 Å². The summed E-state index contributed by atoms with van der Waals surface area (Å²) in [6.45, 7) is 0. The Hall–Kier alpha value is -1.61. The van der Waals surface area contributed by atoms with Gasteiger partial charge in [0.15, 0.2) is 0 Å². The first-order valence-electron chi connectivity index (χ1n) is 4.93. The highest BCUT2D eigenvalue weighted by Gasteiger charge is 2.13. The number of fused-ring (bicyclic) bond motifs is 1. The normalized spacial score (nSPS) is 15.0. The van der Waals surface area contributed by atoms with Gasteiger partial charge in [-0.2, -0.15) is 0 Å². The predicted molar refractivity (Wildman–Crippen MR) is 58.4 cm³/mol. The number of nitrogens with two attached hydrogens (primary N) is 1. The predicted octanol–water partition coefficient (Wildman–Crippen LogP) is 1.73. The molecule has 1 unspecified atom stereocenters. The first kappa shape index (κ1) is 9.93. The molecule has 0 bridgehead atoms. The van der Waals surface area contributed by atoms with Crippen molar-refractivity contribution in [3.05, 3.63) is 41.0 Å². The topological polar surface area (TPSA) is 63.3 Å². The highest BCUT2D eigenvalue weighted by Crippen LogP contribution is 2.24. The largest absolute Gasteiger partial charge is 0.481 e. The van der Waals surface area contributed by atoms with Crippen molar-refractivity contribution in [3.63, 3.8) is 0 Å². The Balaban J connectivity index is 2.22. The molecule has 1 aliphatic carbocycles. The molecule has 1 atom stereocenters. The van der Waals surface area contributed by atoms with Gasteiger partial charge in [-0.25, -0.2) is 0 Å². The fraction of sp³-hybridized carbons (Fsp3) is 0.250. The molecule has 2 rings (SSSR count). The van der Waals surface area contributed by atoms with Crippen LogP contribution in [0.1, 0.15) is 29.2 Å². The van der Waals surface area contributed by atoms with E-state index in [1.54, 1.807) is 0 Å². The Morgan fingerprint density at radius 1 is 1.53 bits per heavy atom. The zero-order valence-corrected chi connectivity index (χ0v) is 8.31. The highest BCUT2D eigenvalue weighted by molar-refractivity contribution is 5.68. The molecule has 0 radical (unpaired) electrons. The summed E-state index contributed by atoms with van der Waals surface area (Å²) >= 11 is 0. The van der Waals surface area contributed by atoms with Crippen molar-refractivity contribution in [2.75, 3.05) is 0 Å². The number of carbonyl (C=O) groups is 1. The molecular formula is C12H13NO2. The molecule has 1 aromatic rings. The Morgan fingerprint density at radius 2 is 2.33 bits per heavy atom. The van der Waals surface area contributed by atoms with E-state index in [4.69, 9.17) is 10.8 Å². The van der Waals surface area contributed by atoms with Crippen molar-refractivity contribution >= 4 is 12.0 Å². The van der Waals surface area contributed by atoms with Crippen LogP contribution in [0.5, 0.6) is 0 Å². The van der Waals surface area contributed by atoms with Crippen LogP contribution in [0.25, 0.3) is 6.08 Å². The molecule has 78 valence electrons. The molecule has 3 nitrogen and oxygen atoms in total. The molecule has 1 aliphatic rings. The monoisotopic (exact) mass is 203 g/mol. The van der Waals surface area contributed by atoms with Gasteiger partial charge in [0.1, 0.15) is 0 Å². The molecule has 3 heteroatoms. The Labute approximate surface area is 88.2 Å². The second kappa shape index (κ2) is 3.87. The van der Waals surface area contributed by atoms with Gasteiger partial charge in [-0.3, -0.25) is 4.79 Å². The lowest BCUT2D eigenvalue weighted by molar-refractivity contribution is -0.137. The summed E-state index contributed by atoms with van der Waals surface area (Å²) in [6, 6.07) is 5.50. The smallest absolute Gasteiger partial charge is 0.305 e. The van der Waals surface area contributed by atoms with Crippen LogP contribution in [-0.2, 0) is 11.2 Å². The molecule has 0 saturated heterocycles. The molecule has 0 aromatic heterocycles. The van der Waals surface area contributed by atoms with Crippen LogP contribution in [0.4, 0.5) is 0 Å². The van der Waals surface area contributed by atoms with Crippen molar-refractivity contribution in [1.82, 2.24) is 0 Å². The zero-order chi connectivity index (χ0) is 10.8. The third-order valence-corrected chi connectivity index (χ3v) is 2.63. The van der Waals surface area contributed by atoms with E-state index in [1.165, 1.54) is 5.56 Å². The molecule has 0 amide bonds. The molecular weight excluding hydrogens is 190 g/mol. The highest BCUT2D eigenvalue weighted by atomic mass is 16.4. The minimum Gasteiger partial charge on any atom is -0.481 e. The Bertz CT molecular complexity index is 424. The number of benzene rings is 1. The lowest BCUT2D eigenvalue weighted by atomic mass is 10.00. The van der Waals surface area contributed by atoms with Crippen molar-refractivity contribution in [2.45, 2.75) is 18.9 Å². The minimum absolute atomic E-state index is 0.0253. The van der Waals surface area contributed by atoms with Gasteiger partial charge in [0.05, 0.1) is 6.42 Å². The van der Waals surface area contributed by atoms with Crippen LogP contribution in [0.2, 0.25) is 0 Å². The molecule has 3 N–H and O–H groups in total. The summed E-state index contributed by atoms with van der Waals surface area (Å²) in [6.07, 6.45) is 5.08. The first-order valence-corrected chi connectivity index (χ1v) is 4.93. The van der Waals surface area contributed by atoms with E-state index in [-0.39, 0.29) is 6.42 Å². The van der Waals surface area contributed by atoms with E-state index in [0.29, 0.717) is 0 Å².